The highest BCUT2D eigenvalue weighted by atomic mass is 19.1. The van der Waals surface area contributed by atoms with Gasteiger partial charge in [-0.15, -0.1) is 0 Å². The van der Waals surface area contributed by atoms with Crippen molar-refractivity contribution in [1.82, 2.24) is 0 Å². The Labute approximate surface area is 139 Å². The second-order valence-electron chi connectivity index (χ2n) is 5.35. The van der Waals surface area contributed by atoms with Crippen molar-refractivity contribution in [3.63, 3.8) is 0 Å². The first-order valence-corrected chi connectivity index (χ1v) is 7.52. The number of amides is 1. The number of anilines is 1. The van der Waals surface area contributed by atoms with Crippen LogP contribution in [0.5, 0.6) is 11.5 Å². The molecule has 1 amide bonds. The largest absolute Gasteiger partial charge is 0.457 e. The van der Waals surface area contributed by atoms with Crippen molar-refractivity contribution in [3.8, 4) is 11.5 Å². The number of benzene rings is 3. The molecule has 0 unspecified atom stereocenters. The third-order valence-corrected chi connectivity index (χ3v) is 3.53. The fourth-order valence-corrected chi connectivity index (χ4v) is 2.26. The molecule has 0 aromatic heterocycles. The summed E-state index contributed by atoms with van der Waals surface area (Å²) in [6.07, 6.45) is 0. The molecule has 0 spiro atoms. The molecule has 0 saturated heterocycles. The summed E-state index contributed by atoms with van der Waals surface area (Å²) in [6, 6.07) is 20.5. The summed E-state index contributed by atoms with van der Waals surface area (Å²) in [5, 5.41) is 2.78. The zero-order valence-corrected chi connectivity index (χ0v) is 13.1. The van der Waals surface area contributed by atoms with Crippen LogP contribution in [0.15, 0.2) is 72.8 Å². The number of para-hydroxylation sites is 1. The number of halogens is 1. The molecule has 0 atom stereocenters. The van der Waals surface area contributed by atoms with Crippen LogP contribution in [-0.2, 0) is 0 Å². The van der Waals surface area contributed by atoms with E-state index in [4.69, 9.17) is 4.74 Å². The summed E-state index contributed by atoms with van der Waals surface area (Å²) in [6.45, 7) is 1.75. The van der Waals surface area contributed by atoms with Crippen molar-refractivity contribution in [2.75, 3.05) is 5.32 Å². The monoisotopic (exact) mass is 321 g/mol. The standard InChI is InChI=1S/C20H16FNO2/c1-14-13-16(21)9-12-19(14)22-20(23)15-7-10-18(11-8-15)24-17-5-3-2-4-6-17/h2-13H,1H3,(H,22,23). The van der Waals surface area contributed by atoms with Gasteiger partial charge in [0.15, 0.2) is 0 Å². The number of rotatable bonds is 4. The van der Waals surface area contributed by atoms with Crippen LogP contribution in [0.3, 0.4) is 0 Å². The van der Waals surface area contributed by atoms with E-state index in [1.807, 2.05) is 30.3 Å². The molecule has 0 radical (unpaired) electrons. The maximum Gasteiger partial charge on any atom is 0.255 e. The highest BCUT2D eigenvalue weighted by molar-refractivity contribution is 6.04. The molecule has 0 fully saturated rings. The molecule has 0 bridgehead atoms. The Hall–Kier alpha value is -3.14. The number of hydrogen-bond donors (Lipinski definition) is 1. The Kier molecular flexibility index (Phi) is 4.57. The van der Waals surface area contributed by atoms with Crippen LogP contribution in [-0.4, -0.2) is 5.91 Å². The number of aryl methyl sites for hydroxylation is 1. The average Bonchev–Trinajstić information content (AvgIpc) is 2.59. The smallest absolute Gasteiger partial charge is 0.255 e. The maximum atomic E-state index is 13.1. The van der Waals surface area contributed by atoms with E-state index in [2.05, 4.69) is 5.32 Å². The van der Waals surface area contributed by atoms with Gasteiger partial charge in [-0.2, -0.15) is 0 Å². The van der Waals surface area contributed by atoms with Crippen molar-refractivity contribution in [1.29, 1.82) is 0 Å². The fourth-order valence-electron chi connectivity index (χ4n) is 2.26. The summed E-state index contributed by atoms with van der Waals surface area (Å²) in [7, 11) is 0. The quantitative estimate of drug-likeness (QED) is 0.719. The molecule has 0 aliphatic carbocycles. The van der Waals surface area contributed by atoms with E-state index in [0.29, 0.717) is 22.6 Å². The van der Waals surface area contributed by atoms with E-state index < -0.39 is 0 Å². The number of carbonyl (C=O) groups excluding carboxylic acids is 1. The van der Waals surface area contributed by atoms with Gasteiger partial charge in [0.1, 0.15) is 17.3 Å². The zero-order chi connectivity index (χ0) is 16.9. The first-order valence-electron chi connectivity index (χ1n) is 7.52. The zero-order valence-electron chi connectivity index (χ0n) is 13.1. The molecule has 0 saturated carbocycles. The van der Waals surface area contributed by atoms with E-state index in [9.17, 15) is 9.18 Å². The van der Waals surface area contributed by atoms with Crippen LogP contribution in [0.2, 0.25) is 0 Å². The lowest BCUT2D eigenvalue weighted by molar-refractivity contribution is 0.102. The SMILES string of the molecule is Cc1cc(F)ccc1NC(=O)c1ccc(Oc2ccccc2)cc1. The topological polar surface area (TPSA) is 38.3 Å². The van der Waals surface area contributed by atoms with Crippen molar-refractivity contribution >= 4 is 11.6 Å². The van der Waals surface area contributed by atoms with E-state index in [-0.39, 0.29) is 11.7 Å². The second-order valence-corrected chi connectivity index (χ2v) is 5.35. The van der Waals surface area contributed by atoms with E-state index >= 15 is 0 Å². The summed E-state index contributed by atoms with van der Waals surface area (Å²) in [5.74, 6) is 0.802. The first-order chi connectivity index (χ1) is 11.6. The van der Waals surface area contributed by atoms with Crippen LogP contribution in [0.4, 0.5) is 10.1 Å². The summed E-state index contributed by atoms with van der Waals surface area (Å²) in [4.78, 5) is 12.3. The van der Waals surface area contributed by atoms with Crippen LogP contribution in [0, 0.1) is 12.7 Å². The summed E-state index contributed by atoms with van der Waals surface area (Å²) >= 11 is 0. The molecule has 3 aromatic carbocycles. The van der Waals surface area contributed by atoms with Gasteiger partial charge in [0, 0.05) is 11.3 Å². The highest BCUT2D eigenvalue weighted by Crippen LogP contribution is 2.22. The van der Waals surface area contributed by atoms with Gasteiger partial charge < -0.3 is 10.1 Å². The molecule has 0 aliphatic heterocycles. The Bertz CT molecular complexity index is 845. The lowest BCUT2D eigenvalue weighted by Gasteiger charge is -2.09. The lowest BCUT2D eigenvalue weighted by atomic mass is 10.1. The van der Waals surface area contributed by atoms with Crippen LogP contribution >= 0.6 is 0 Å². The molecule has 3 nitrogen and oxygen atoms in total. The normalized spacial score (nSPS) is 10.2. The van der Waals surface area contributed by atoms with Crippen LogP contribution in [0.25, 0.3) is 0 Å². The molecule has 1 N–H and O–H groups in total. The van der Waals surface area contributed by atoms with Gasteiger partial charge in [0.2, 0.25) is 0 Å². The van der Waals surface area contributed by atoms with Gasteiger partial charge in [0.05, 0.1) is 0 Å². The van der Waals surface area contributed by atoms with Crippen molar-refractivity contribution in [2.24, 2.45) is 0 Å². The molecule has 4 heteroatoms. The molecular weight excluding hydrogens is 305 g/mol. The highest BCUT2D eigenvalue weighted by Gasteiger charge is 2.08. The third kappa shape index (κ3) is 3.79. The number of hydrogen-bond acceptors (Lipinski definition) is 2. The molecule has 0 aliphatic rings. The Morgan fingerprint density at radius 2 is 1.58 bits per heavy atom. The molecule has 0 heterocycles. The van der Waals surface area contributed by atoms with Gasteiger partial charge in [-0.1, -0.05) is 18.2 Å². The van der Waals surface area contributed by atoms with Gasteiger partial charge >= 0.3 is 0 Å². The summed E-state index contributed by atoms with van der Waals surface area (Å²) in [5.41, 5.74) is 1.76. The van der Waals surface area contributed by atoms with E-state index in [1.54, 1.807) is 37.3 Å². The van der Waals surface area contributed by atoms with E-state index in [1.165, 1.54) is 12.1 Å². The minimum atomic E-state index is -0.326. The van der Waals surface area contributed by atoms with Crippen molar-refractivity contribution in [2.45, 2.75) is 6.92 Å². The predicted octanol–water partition coefficient (Wildman–Crippen LogP) is 5.18. The summed E-state index contributed by atoms with van der Waals surface area (Å²) < 4.78 is 18.8. The van der Waals surface area contributed by atoms with Gasteiger partial charge in [-0.3, -0.25) is 4.79 Å². The van der Waals surface area contributed by atoms with Crippen molar-refractivity contribution < 1.29 is 13.9 Å². The maximum absolute atomic E-state index is 13.1. The van der Waals surface area contributed by atoms with Gasteiger partial charge in [0.25, 0.3) is 5.91 Å². The Morgan fingerprint density at radius 1 is 0.917 bits per heavy atom. The molecule has 3 aromatic rings. The Morgan fingerprint density at radius 3 is 2.25 bits per heavy atom. The molecule has 3 rings (SSSR count). The Balaban J connectivity index is 1.69. The second kappa shape index (κ2) is 6.96. The third-order valence-electron chi connectivity index (χ3n) is 3.53. The average molecular weight is 321 g/mol. The molecule has 120 valence electrons. The fraction of sp³-hybridized carbons (Fsp3) is 0.0500. The minimum Gasteiger partial charge on any atom is -0.457 e. The number of ether oxygens (including phenoxy) is 1. The van der Waals surface area contributed by atoms with Crippen LogP contribution < -0.4 is 10.1 Å². The van der Waals surface area contributed by atoms with Crippen molar-refractivity contribution in [3.05, 3.63) is 89.7 Å². The molecular formula is C20H16FNO2. The minimum absolute atomic E-state index is 0.254. The number of carbonyl (C=O) groups is 1. The van der Waals surface area contributed by atoms with E-state index in [0.717, 1.165) is 5.75 Å². The van der Waals surface area contributed by atoms with Gasteiger partial charge in [-0.25, -0.2) is 4.39 Å². The predicted molar refractivity (Wildman–Crippen MR) is 92.0 cm³/mol. The van der Waals surface area contributed by atoms with Crippen LogP contribution in [0.1, 0.15) is 15.9 Å². The first kappa shape index (κ1) is 15.7. The lowest BCUT2D eigenvalue weighted by Crippen LogP contribution is -2.12. The molecule has 24 heavy (non-hydrogen) atoms. The number of nitrogens with one attached hydrogen (secondary N) is 1. The van der Waals surface area contributed by atoms with Gasteiger partial charge in [-0.05, 0) is 67.1 Å².